The maximum atomic E-state index is 12.0. The van der Waals surface area contributed by atoms with Crippen LogP contribution in [0.3, 0.4) is 0 Å². The number of rotatable bonds is 2. The molecule has 0 radical (unpaired) electrons. The van der Waals surface area contributed by atoms with Crippen LogP contribution in [0.5, 0.6) is 0 Å². The molecule has 0 saturated carbocycles. The zero-order valence-corrected chi connectivity index (χ0v) is 13.4. The van der Waals surface area contributed by atoms with E-state index in [1.54, 1.807) is 18.5 Å². The summed E-state index contributed by atoms with van der Waals surface area (Å²) < 4.78 is 5.28. The van der Waals surface area contributed by atoms with Gasteiger partial charge in [0.2, 0.25) is 5.90 Å². The lowest BCUT2D eigenvalue weighted by Gasteiger charge is -2.18. The second-order valence-electron chi connectivity index (χ2n) is 6.44. The van der Waals surface area contributed by atoms with Gasteiger partial charge in [0.05, 0.1) is 0 Å². The van der Waals surface area contributed by atoms with Crippen LogP contribution in [0.4, 0.5) is 0 Å². The Kier molecular flexibility index (Phi) is 3.82. The third-order valence-electron chi connectivity index (χ3n) is 3.63. The minimum absolute atomic E-state index is 0.0824. The number of cyclic esters (lactones) is 1. The summed E-state index contributed by atoms with van der Waals surface area (Å²) in [6.07, 6.45) is 5.03. The van der Waals surface area contributed by atoms with Crippen molar-refractivity contribution in [2.45, 2.75) is 26.2 Å². The highest BCUT2D eigenvalue weighted by molar-refractivity contribution is 6.12. The molecule has 2 heterocycles. The van der Waals surface area contributed by atoms with Crippen molar-refractivity contribution in [2.24, 2.45) is 4.99 Å². The molecule has 0 amide bonds. The number of aliphatic imine (C=N–C) groups is 1. The van der Waals surface area contributed by atoms with Crippen LogP contribution in [0.15, 0.2) is 59.5 Å². The highest BCUT2D eigenvalue weighted by Gasteiger charge is 2.24. The molecule has 1 aromatic carbocycles. The van der Waals surface area contributed by atoms with Gasteiger partial charge in [-0.05, 0) is 46.9 Å². The van der Waals surface area contributed by atoms with Crippen molar-refractivity contribution < 1.29 is 9.53 Å². The van der Waals surface area contributed by atoms with E-state index in [1.807, 2.05) is 36.4 Å². The van der Waals surface area contributed by atoms with E-state index in [4.69, 9.17) is 4.74 Å². The SMILES string of the molecule is CC(C)(C)c1ccc(C2=N/C(=C/c3ccncc3)C(=O)O2)cc1. The Bertz CT molecular complexity index is 782. The molecule has 1 aliphatic heterocycles. The number of aromatic nitrogens is 1. The van der Waals surface area contributed by atoms with Gasteiger partial charge in [0.15, 0.2) is 5.70 Å². The van der Waals surface area contributed by atoms with Crippen molar-refractivity contribution >= 4 is 17.9 Å². The van der Waals surface area contributed by atoms with E-state index in [2.05, 4.69) is 30.7 Å². The maximum absolute atomic E-state index is 12.0. The Morgan fingerprint density at radius 1 is 1.00 bits per heavy atom. The number of esters is 1. The number of hydrogen-bond acceptors (Lipinski definition) is 4. The molecule has 0 atom stereocenters. The molecule has 0 fully saturated rings. The molecule has 116 valence electrons. The zero-order chi connectivity index (χ0) is 16.4. The Labute approximate surface area is 135 Å². The van der Waals surface area contributed by atoms with Crippen molar-refractivity contribution in [3.05, 3.63) is 71.2 Å². The molecule has 0 aliphatic carbocycles. The third-order valence-corrected chi connectivity index (χ3v) is 3.63. The summed E-state index contributed by atoms with van der Waals surface area (Å²) in [5.74, 6) is -0.0903. The smallest absolute Gasteiger partial charge is 0.363 e. The normalized spacial score (nSPS) is 16.4. The molecule has 4 heteroatoms. The number of ether oxygens (including phenoxy) is 1. The molecule has 0 spiro atoms. The van der Waals surface area contributed by atoms with Crippen LogP contribution >= 0.6 is 0 Å². The van der Waals surface area contributed by atoms with Gasteiger partial charge in [-0.25, -0.2) is 9.79 Å². The number of hydrogen-bond donors (Lipinski definition) is 0. The van der Waals surface area contributed by atoms with Gasteiger partial charge >= 0.3 is 5.97 Å². The van der Waals surface area contributed by atoms with Crippen LogP contribution in [0, 0.1) is 0 Å². The summed E-state index contributed by atoms with van der Waals surface area (Å²) in [5, 5.41) is 0. The van der Waals surface area contributed by atoms with E-state index in [1.165, 1.54) is 5.56 Å². The van der Waals surface area contributed by atoms with E-state index < -0.39 is 5.97 Å². The zero-order valence-electron chi connectivity index (χ0n) is 13.4. The standard InChI is InChI=1S/C19H18N2O2/c1-19(2,3)15-6-4-14(5-7-15)17-21-16(18(22)23-17)12-13-8-10-20-11-9-13/h4-12H,1-3H3/b16-12+. The lowest BCUT2D eigenvalue weighted by molar-refractivity contribution is -0.129. The van der Waals surface area contributed by atoms with Gasteiger partial charge in [-0.2, -0.15) is 0 Å². The number of carbonyl (C=O) groups excluding carboxylic acids is 1. The third kappa shape index (κ3) is 3.37. The predicted octanol–water partition coefficient (Wildman–Crippen LogP) is 3.72. The number of nitrogens with zero attached hydrogens (tertiary/aromatic N) is 2. The van der Waals surface area contributed by atoms with E-state index in [9.17, 15) is 4.79 Å². The highest BCUT2D eigenvalue weighted by atomic mass is 16.6. The fourth-order valence-corrected chi connectivity index (χ4v) is 2.26. The number of benzene rings is 1. The number of pyridine rings is 1. The molecule has 1 aliphatic rings. The molecule has 0 unspecified atom stereocenters. The minimum Gasteiger partial charge on any atom is -0.402 e. The highest BCUT2D eigenvalue weighted by Crippen LogP contribution is 2.24. The molecule has 0 bridgehead atoms. The summed E-state index contributed by atoms with van der Waals surface area (Å²) in [7, 11) is 0. The van der Waals surface area contributed by atoms with Gasteiger partial charge in [0.1, 0.15) is 0 Å². The Morgan fingerprint density at radius 2 is 1.65 bits per heavy atom. The van der Waals surface area contributed by atoms with Crippen LogP contribution < -0.4 is 0 Å². The quantitative estimate of drug-likeness (QED) is 0.627. The van der Waals surface area contributed by atoms with Gasteiger partial charge in [-0.15, -0.1) is 0 Å². The van der Waals surface area contributed by atoms with Crippen molar-refractivity contribution in [3.8, 4) is 0 Å². The second kappa shape index (κ2) is 5.80. The Morgan fingerprint density at radius 3 is 2.26 bits per heavy atom. The molecular formula is C19H18N2O2. The number of carbonyl (C=O) groups is 1. The second-order valence-corrected chi connectivity index (χ2v) is 6.44. The van der Waals surface area contributed by atoms with Crippen LogP contribution in [0.25, 0.3) is 6.08 Å². The van der Waals surface area contributed by atoms with Crippen molar-refractivity contribution in [1.82, 2.24) is 4.98 Å². The molecule has 3 rings (SSSR count). The van der Waals surface area contributed by atoms with Crippen LogP contribution in [-0.4, -0.2) is 16.9 Å². The molecule has 1 aromatic heterocycles. The van der Waals surface area contributed by atoms with Gasteiger partial charge in [0.25, 0.3) is 0 Å². The molecule has 23 heavy (non-hydrogen) atoms. The average molecular weight is 306 g/mol. The topological polar surface area (TPSA) is 51.5 Å². The first-order valence-electron chi connectivity index (χ1n) is 7.47. The predicted molar refractivity (Wildman–Crippen MR) is 90.0 cm³/mol. The Hall–Kier alpha value is -2.75. The molecule has 4 nitrogen and oxygen atoms in total. The van der Waals surface area contributed by atoms with Crippen molar-refractivity contribution in [2.75, 3.05) is 0 Å². The minimum atomic E-state index is -0.434. The lowest BCUT2D eigenvalue weighted by atomic mass is 9.87. The molecular weight excluding hydrogens is 288 g/mol. The van der Waals surface area contributed by atoms with Gasteiger partial charge < -0.3 is 4.74 Å². The van der Waals surface area contributed by atoms with Gasteiger partial charge in [0, 0.05) is 18.0 Å². The van der Waals surface area contributed by atoms with Gasteiger partial charge in [-0.3, -0.25) is 4.98 Å². The largest absolute Gasteiger partial charge is 0.402 e. The summed E-state index contributed by atoms with van der Waals surface area (Å²) in [5.41, 5.74) is 3.26. The first-order chi connectivity index (χ1) is 10.9. The van der Waals surface area contributed by atoms with E-state index in [0.29, 0.717) is 11.6 Å². The summed E-state index contributed by atoms with van der Waals surface area (Å²) in [6, 6.07) is 11.6. The fraction of sp³-hybridized carbons (Fsp3) is 0.211. The van der Waals surface area contributed by atoms with Crippen molar-refractivity contribution in [1.29, 1.82) is 0 Å². The fourth-order valence-electron chi connectivity index (χ4n) is 2.26. The monoisotopic (exact) mass is 306 g/mol. The first-order valence-corrected chi connectivity index (χ1v) is 7.47. The van der Waals surface area contributed by atoms with E-state index >= 15 is 0 Å². The molecule has 2 aromatic rings. The van der Waals surface area contributed by atoms with E-state index in [0.717, 1.165) is 11.1 Å². The van der Waals surface area contributed by atoms with Crippen LogP contribution in [-0.2, 0) is 14.9 Å². The van der Waals surface area contributed by atoms with Crippen LogP contribution in [0.2, 0.25) is 0 Å². The van der Waals surface area contributed by atoms with Gasteiger partial charge in [-0.1, -0.05) is 32.9 Å². The molecule has 0 N–H and O–H groups in total. The summed E-state index contributed by atoms with van der Waals surface area (Å²) in [4.78, 5) is 20.2. The lowest BCUT2D eigenvalue weighted by Crippen LogP contribution is -2.11. The summed E-state index contributed by atoms with van der Waals surface area (Å²) >= 11 is 0. The Balaban J connectivity index is 1.88. The first kappa shape index (κ1) is 15.2. The van der Waals surface area contributed by atoms with Crippen LogP contribution in [0.1, 0.15) is 37.5 Å². The maximum Gasteiger partial charge on any atom is 0.363 e. The van der Waals surface area contributed by atoms with Crippen molar-refractivity contribution in [3.63, 3.8) is 0 Å². The van der Waals surface area contributed by atoms with E-state index in [-0.39, 0.29) is 5.41 Å². The average Bonchev–Trinajstić information content (AvgIpc) is 2.89. The summed E-state index contributed by atoms with van der Waals surface area (Å²) in [6.45, 7) is 6.47. The molecule has 0 saturated heterocycles.